The van der Waals surface area contributed by atoms with Crippen molar-refractivity contribution < 1.29 is 18.7 Å². The first-order valence-corrected chi connectivity index (χ1v) is 14.0. The first-order chi connectivity index (χ1) is 19.2. The standard InChI is InChI=1S/C29H36FN7O3/c1-4-37(19(2)3)27(38)22-12-21(30)5-6-24(22)40-25-15-32-18-34-26(25)36-16-29(17-36)7-9-35(10-8-29)28(39)23-11-20(13-31)14-33-23/h5-6,12,15,18-20,23,33H,4,7-11,14,16-17H2,1-3H3/t20-,23-/m0/s1. The van der Waals surface area contributed by atoms with Gasteiger partial charge in [-0.2, -0.15) is 5.26 Å². The molecule has 1 aromatic carbocycles. The zero-order valence-electron chi connectivity index (χ0n) is 23.3. The molecule has 3 aliphatic rings. The number of nitrogens with one attached hydrogen (secondary N) is 1. The van der Waals surface area contributed by atoms with Crippen LogP contribution in [0.3, 0.4) is 0 Å². The molecule has 1 spiro atoms. The molecule has 2 atom stereocenters. The fraction of sp³-hybridized carbons (Fsp3) is 0.552. The number of amides is 2. The van der Waals surface area contributed by atoms with Crippen molar-refractivity contribution >= 4 is 17.6 Å². The van der Waals surface area contributed by atoms with Gasteiger partial charge in [0.25, 0.3) is 5.91 Å². The average molecular weight is 550 g/mol. The molecule has 0 bridgehead atoms. The molecular formula is C29H36FN7O3. The highest BCUT2D eigenvalue weighted by Crippen LogP contribution is 2.45. The van der Waals surface area contributed by atoms with Gasteiger partial charge in [-0.3, -0.25) is 9.59 Å². The SMILES string of the molecule is CCN(C(=O)c1cc(F)ccc1Oc1cncnc1N1CC2(CCN(C(=O)[C@@H]3C[C@@H](C#N)CN3)CC2)C1)C(C)C. The van der Waals surface area contributed by atoms with Gasteiger partial charge in [0.05, 0.1) is 29.8 Å². The van der Waals surface area contributed by atoms with E-state index >= 15 is 0 Å². The fourth-order valence-electron chi connectivity index (χ4n) is 6.07. The van der Waals surface area contributed by atoms with Crippen molar-refractivity contribution in [3.63, 3.8) is 0 Å². The Labute approximate surface area is 234 Å². The highest BCUT2D eigenvalue weighted by atomic mass is 19.1. The van der Waals surface area contributed by atoms with Crippen LogP contribution in [-0.2, 0) is 4.79 Å². The largest absolute Gasteiger partial charge is 0.451 e. The Hall–Kier alpha value is -3.78. The Bertz CT molecular complexity index is 1300. The van der Waals surface area contributed by atoms with Crippen LogP contribution in [0.4, 0.5) is 10.2 Å². The Morgan fingerprint density at radius 3 is 2.67 bits per heavy atom. The highest BCUT2D eigenvalue weighted by molar-refractivity contribution is 5.97. The molecule has 5 rings (SSSR count). The second kappa shape index (κ2) is 11.4. The number of piperidine rings is 1. The van der Waals surface area contributed by atoms with Crippen molar-refractivity contribution in [3.8, 4) is 17.6 Å². The summed E-state index contributed by atoms with van der Waals surface area (Å²) >= 11 is 0. The lowest BCUT2D eigenvalue weighted by molar-refractivity contribution is -0.135. The van der Waals surface area contributed by atoms with Gasteiger partial charge < -0.3 is 24.8 Å². The number of anilines is 1. The van der Waals surface area contributed by atoms with Crippen molar-refractivity contribution in [3.05, 3.63) is 42.1 Å². The summed E-state index contributed by atoms with van der Waals surface area (Å²) < 4.78 is 20.4. The number of benzene rings is 1. The molecule has 2 aromatic rings. The van der Waals surface area contributed by atoms with Crippen LogP contribution >= 0.6 is 0 Å². The maximum atomic E-state index is 14.2. The van der Waals surface area contributed by atoms with Crippen molar-refractivity contribution in [2.24, 2.45) is 11.3 Å². The smallest absolute Gasteiger partial charge is 0.257 e. The number of hydrogen-bond donors (Lipinski definition) is 1. The normalized spacial score (nSPS) is 21.7. The molecule has 0 saturated carbocycles. The molecule has 4 heterocycles. The number of carbonyl (C=O) groups excluding carboxylic acids is 2. The minimum absolute atomic E-state index is 0.0490. The zero-order valence-corrected chi connectivity index (χ0v) is 23.3. The van der Waals surface area contributed by atoms with Crippen molar-refractivity contribution in [1.29, 1.82) is 5.26 Å². The molecule has 3 aliphatic heterocycles. The lowest BCUT2D eigenvalue weighted by atomic mass is 9.72. The number of aromatic nitrogens is 2. The number of ether oxygens (including phenoxy) is 1. The molecule has 40 heavy (non-hydrogen) atoms. The van der Waals surface area contributed by atoms with Crippen LogP contribution in [0.2, 0.25) is 0 Å². The molecule has 0 unspecified atom stereocenters. The van der Waals surface area contributed by atoms with E-state index in [4.69, 9.17) is 10.00 Å². The highest BCUT2D eigenvalue weighted by Gasteiger charge is 2.47. The van der Waals surface area contributed by atoms with Crippen molar-refractivity contribution in [2.45, 2.75) is 52.1 Å². The topological polar surface area (TPSA) is 115 Å². The van der Waals surface area contributed by atoms with E-state index in [1.165, 1.54) is 24.5 Å². The van der Waals surface area contributed by atoms with E-state index in [1.807, 2.05) is 25.7 Å². The first-order valence-electron chi connectivity index (χ1n) is 14.0. The van der Waals surface area contributed by atoms with Crippen LogP contribution in [-0.4, -0.2) is 82.9 Å². The molecular weight excluding hydrogens is 513 g/mol. The molecule has 1 aromatic heterocycles. The van der Waals surface area contributed by atoms with Gasteiger partial charge in [-0.1, -0.05) is 0 Å². The van der Waals surface area contributed by atoms with E-state index in [1.54, 1.807) is 11.1 Å². The van der Waals surface area contributed by atoms with Crippen molar-refractivity contribution in [2.75, 3.05) is 44.2 Å². The number of halogens is 1. The van der Waals surface area contributed by atoms with Gasteiger partial charge in [-0.15, -0.1) is 0 Å². The van der Waals surface area contributed by atoms with E-state index < -0.39 is 5.82 Å². The number of nitriles is 1. The Morgan fingerprint density at radius 2 is 2.02 bits per heavy atom. The maximum absolute atomic E-state index is 14.2. The van der Waals surface area contributed by atoms with E-state index in [0.29, 0.717) is 44.2 Å². The van der Waals surface area contributed by atoms with E-state index in [0.717, 1.165) is 25.9 Å². The summed E-state index contributed by atoms with van der Waals surface area (Å²) in [7, 11) is 0. The first kappa shape index (κ1) is 27.8. The van der Waals surface area contributed by atoms with Crippen LogP contribution in [0.5, 0.6) is 11.5 Å². The number of hydrogen-bond acceptors (Lipinski definition) is 8. The van der Waals surface area contributed by atoms with E-state index in [2.05, 4.69) is 26.3 Å². The second-order valence-electron chi connectivity index (χ2n) is 11.3. The minimum Gasteiger partial charge on any atom is -0.451 e. The number of nitrogens with zero attached hydrogens (tertiary/aromatic N) is 6. The number of rotatable bonds is 7. The molecule has 3 saturated heterocycles. The van der Waals surface area contributed by atoms with Gasteiger partial charge in [0.1, 0.15) is 17.9 Å². The molecule has 10 nitrogen and oxygen atoms in total. The third kappa shape index (κ3) is 5.45. The van der Waals surface area contributed by atoms with Gasteiger partial charge in [0, 0.05) is 50.7 Å². The van der Waals surface area contributed by atoms with Crippen LogP contribution in [0.25, 0.3) is 0 Å². The van der Waals surface area contributed by atoms with Gasteiger partial charge in [-0.05, 0) is 58.2 Å². The summed E-state index contributed by atoms with van der Waals surface area (Å²) in [4.78, 5) is 40.5. The number of likely N-dealkylation sites (tertiary alicyclic amines) is 1. The van der Waals surface area contributed by atoms with E-state index in [-0.39, 0.29) is 46.5 Å². The summed E-state index contributed by atoms with van der Waals surface area (Å²) in [6.45, 7) is 9.71. The van der Waals surface area contributed by atoms with E-state index in [9.17, 15) is 14.0 Å². The Balaban J connectivity index is 1.25. The van der Waals surface area contributed by atoms with Gasteiger partial charge in [0.15, 0.2) is 11.6 Å². The maximum Gasteiger partial charge on any atom is 0.257 e. The third-order valence-corrected chi connectivity index (χ3v) is 8.38. The summed E-state index contributed by atoms with van der Waals surface area (Å²) in [5.74, 6) is 0.461. The van der Waals surface area contributed by atoms with Gasteiger partial charge in [-0.25, -0.2) is 14.4 Å². The van der Waals surface area contributed by atoms with Crippen molar-refractivity contribution in [1.82, 2.24) is 25.1 Å². The fourth-order valence-corrected chi connectivity index (χ4v) is 6.07. The summed E-state index contributed by atoms with van der Waals surface area (Å²) in [5, 5.41) is 12.3. The van der Waals surface area contributed by atoms with Gasteiger partial charge >= 0.3 is 0 Å². The predicted molar refractivity (Wildman–Crippen MR) is 146 cm³/mol. The predicted octanol–water partition coefficient (Wildman–Crippen LogP) is 3.21. The molecule has 0 radical (unpaired) electrons. The molecule has 212 valence electrons. The third-order valence-electron chi connectivity index (χ3n) is 8.38. The van der Waals surface area contributed by atoms with Crippen LogP contribution in [0.1, 0.15) is 50.4 Å². The molecule has 1 N–H and O–H groups in total. The summed E-state index contributed by atoms with van der Waals surface area (Å²) in [6.07, 6.45) is 5.39. The monoisotopic (exact) mass is 549 g/mol. The summed E-state index contributed by atoms with van der Waals surface area (Å²) in [6, 6.07) is 5.90. The average Bonchev–Trinajstić information content (AvgIpc) is 3.42. The molecule has 0 aliphatic carbocycles. The molecule has 3 fully saturated rings. The second-order valence-corrected chi connectivity index (χ2v) is 11.3. The Morgan fingerprint density at radius 1 is 1.27 bits per heavy atom. The zero-order chi connectivity index (χ0) is 28.4. The van der Waals surface area contributed by atoms with Crippen LogP contribution < -0.4 is 15.0 Å². The quantitative estimate of drug-likeness (QED) is 0.560. The number of carbonyl (C=O) groups is 2. The van der Waals surface area contributed by atoms with Gasteiger partial charge in [0.2, 0.25) is 5.91 Å². The Kier molecular flexibility index (Phi) is 7.90. The van der Waals surface area contributed by atoms with Crippen LogP contribution in [0.15, 0.2) is 30.7 Å². The summed E-state index contributed by atoms with van der Waals surface area (Å²) in [5.41, 5.74) is 0.244. The lowest BCUT2D eigenvalue weighted by Crippen LogP contribution is -2.62. The lowest BCUT2D eigenvalue weighted by Gasteiger charge is -2.54. The molecule has 11 heteroatoms. The molecule has 2 amide bonds. The minimum atomic E-state index is -0.511. The van der Waals surface area contributed by atoms with Crippen LogP contribution in [0, 0.1) is 28.5 Å².